The molecule has 0 atom stereocenters. The van der Waals surface area contributed by atoms with Gasteiger partial charge in [0.15, 0.2) is 0 Å². The number of carbonyl (C=O) groups is 1. The number of aryl methyl sites for hydroxylation is 1. The minimum absolute atomic E-state index is 0.151. The van der Waals surface area contributed by atoms with Gasteiger partial charge >= 0.3 is 0 Å². The lowest BCUT2D eigenvalue weighted by atomic mass is 10.1. The second-order valence-electron chi connectivity index (χ2n) is 4.96. The summed E-state index contributed by atoms with van der Waals surface area (Å²) < 4.78 is 0. The summed E-state index contributed by atoms with van der Waals surface area (Å²) in [4.78, 5) is 18.2. The van der Waals surface area contributed by atoms with Crippen LogP contribution in [-0.4, -0.2) is 22.3 Å². The summed E-state index contributed by atoms with van der Waals surface area (Å²) in [6, 6.07) is 11.6. The molecule has 0 saturated carbocycles. The highest BCUT2D eigenvalue weighted by atomic mass is 16.2. The molecule has 4 heteroatoms. The van der Waals surface area contributed by atoms with Crippen LogP contribution in [0.1, 0.15) is 24.5 Å². The molecular weight excluding hydrogens is 262 g/mol. The lowest BCUT2D eigenvalue weighted by molar-refractivity contribution is -0.131. The van der Waals surface area contributed by atoms with Crippen molar-refractivity contribution in [2.45, 2.75) is 26.3 Å². The van der Waals surface area contributed by atoms with Crippen LogP contribution >= 0.6 is 0 Å². The third kappa shape index (κ3) is 4.31. The highest BCUT2D eigenvalue weighted by Gasteiger charge is 2.12. The molecule has 0 aliphatic heterocycles. The van der Waals surface area contributed by atoms with E-state index in [9.17, 15) is 4.79 Å². The maximum absolute atomic E-state index is 12.3. The maximum atomic E-state index is 12.3. The van der Waals surface area contributed by atoms with Crippen molar-refractivity contribution in [2.24, 2.45) is 0 Å². The van der Waals surface area contributed by atoms with E-state index in [2.05, 4.69) is 4.98 Å². The molecule has 1 aromatic carbocycles. The highest BCUT2D eigenvalue weighted by Crippen LogP contribution is 2.14. The Balaban J connectivity index is 1.93. The standard InChI is InChI=1S/C17H21N3O/c1-2-20(13-14-9-11-19-12-10-14)17(21)8-7-15-5-3-4-6-16(15)18/h3-6,9-12H,2,7-8,13,18H2,1H3. The first-order valence-electron chi connectivity index (χ1n) is 7.20. The summed E-state index contributed by atoms with van der Waals surface area (Å²) in [5.74, 6) is 0.151. The van der Waals surface area contributed by atoms with Gasteiger partial charge in [0, 0.05) is 37.6 Å². The Kier molecular flexibility index (Phi) is 5.32. The number of aromatic nitrogens is 1. The molecule has 110 valence electrons. The number of amides is 1. The fourth-order valence-corrected chi connectivity index (χ4v) is 2.25. The van der Waals surface area contributed by atoms with E-state index in [0.717, 1.165) is 16.8 Å². The Bertz CT molecular complexity index is 584. The highest BCUT2D eigenvalue weighted by molar-refractivity contribution is 5.76. The summed E-state index contributed by atoms with van der Waals surface area (Å²) in [5, 5.41) is 0. The number of pyridine rings is 1. The Morgan fingerprint density at radius 1 is 1.19 bits per heavy atom. The van der Waals surface area contributed by atoms with Crippen LogP contribution < -0.4 is 5.73 Å². The fraction of sp³-hybridized carbons (Fsp3) is 0.294. The average molecular weight is 283 g/mol. The molecular formula is C17H21N3O. The van der Waals surface area contributed by atoms with Crippen LogP contribution in [0.5, 0.6) is 0 Å². The predicted molar refractivity (Wildman–Crippen MR) is 84.5 cm³/mol. The van der Waals surface area contributed by atoms with Gasteiger partial charge in [-0.25, -0.2) is 0 Å². The van der Waals surface area contributed by atoms with Gasteiger partial charge in [-0.05, 0) is 42.7 Å². The molecule has 1 heterocycles. The van der Waals surface area contributed by atoms with Gasteiger partial charge in [0.25, 0.3) is 0 Å². The Labute approximate surface area is 125 Å². The van der Waals surface area contributed by atoms with Crippen molar-refractivity contribution in [3.05, 3.63) is 59.9 Å². The van der Waals surface area contributed by atoms with Crippen molar-refractivity contribution in [3.63, 3.8) is 0 Å². The molecule has 0 unspecified atom stereocenters. The van der Waals surface area contributed by atoms with Crippen LogP contribution in [0.4, 0.5) is 5.69 Å². The summed E-state index contributed by atoms with van der Waals surface area (Å²) in [7, 11) is 0. The number of hydrogen-bond acceptors (Lipinski definition) is 3. The zero-order chi connectivity index (χ0) is 15.1. The van der Waals surface area contributed by atoms with Crippen molar-refractivity contribution in [1.29, 1.82) is 0 Å². The first kappa shape index (κ1) is 15.0. The van der Waals surface area contributed by atoms with E-state index in [0.29, 0.717) is 25.9 Å². The number of nitrogen functional groups attached to an aromatic ring is 1. The van der Waals surface area contributed by atoms with Gasteiger partial charge in [0.1, 0.15) is 0 Å². The number of nitrogens with two attached hydrogens (primary N) is 1. The topological polar surface area (TPSA) is 59.2 Å². The van der Waals surface area contributed by atoms with Crippen LogP contribution in [0, 0.1) is 0 Å². The van der Waals surface area contributed by atoms with Gasteiger partial charge in [-0.2, -0.15) is 0 Å². The number of para-hydroxylation sites is 1. The Morgan fingerprint density at radius 2 is 1.90 bits per heavy atom. The number of hydrogen-bond donors (Lipinski definition) is 1. The smallest absolute Gasteiger partial charge is 0.223 e. The first-order chi connectivity index (χ1) is 10.2. The van der Waals surface area contributed by atoms with Gasteiger partial charge in [0.2, 0.25) is 5.91 Å². The zero-order valence-corrected chi connectivity index (χ0v) is 12.3. The molecule has 1 amide bonds. The molecule has 2 aromatic rings. The molecule has 1 aromatic heterocycles. The van der Waals surface area contributed by atoms with E-state index in [-0.39, 0.29) is 5.91 Å². The Morgan fingerprint density at radius 3 is 2.57 bits per heavy atom. The van der Waals surface area contributed by atoms with Gasteiger partial charge in [-0.15, -0.1) is 0 Å². The molecule has 0 bridgehead atoms. The second kappa shape index (κ2) is 7.43. The van der Waals surface area contributed by atoms with E-state index in [4.69, 9.17) is 5.73 Å². The third-order valence-corrected chi connectivity index (χ3v) is 3.52. The molecule has 0 aliphatic carbocycles. The van der Waals surface area contributed by atoms with E-state index < -0.39 is 0 Å². The SMILES string of the molecule is CCN(Cc1ccncc1)C(=O)CCc1ccccc1N. The number of anilines is 1. The fourth-order valence-electron chi connectivity index (χ4n) is 2.25. The molecule has 0 saturated heterocycles. The first-order valence-corrected chi connectivity index (χ1v) is 7.20. The van der Waals surface area contributed by atoms with E-state index in [1.54, 1.807) is 12.4 Å². The monoisotopic (exact) mass is 283 g/mol. The van der Waals surface area contributed by atoms with Gasteiger partial charge in [0.05, 0.1) is 0 Å². The van der Waals surface area contributed by atoms with Gasteiger partial charge in [-0.3, -0.25) is 9.78 Å². The average Bonchev–Trinajstić information content (AvgIpc) is 2.52. The molecule has 0 radical (unpaired) electrons. The van der Waals surface area contributed by atoms with Gasteiger partial charge < -0.3 is 10.6 Å². The van der Waals surface area contributed by atoms with Crippen LogP contribution in [-0.2, 0) is 17.8 Å². The van der Waals surface area contributed by atoms with E-state index >= 15 is 0 Å². The minimum Gasteiger partial charge on any atom is -0.399 e. The zero-order valence-electron chi connectivity index (χ0n) is 12.3. The van der Waals surface area contributed by atoms with Crippen molar-refractivity contribution in [1.82, 2.24) is 9.88 Å². The second-order valence-corrected chi connectivity index (χ2v) is 4.96. The lowest BCUT2D eigenvalue weighted by Crippen LogP contribution is -2.30. The van der Waals surface area contributed by atoms with Crippen LogP contribution in [0.3, 0.4) is 0 Å². The van der Waals surface area contributed by atoms with Crippen LogP contribution in [0.2, 0.25) is 0 Å². The minimum atomic E-state index is 0.151. The summed E-state index contributed by atoms with van der Waals surface area (Å²) in [5.41, 5.74) is 8.79. The van der Waals surface area contributed by atoms with E-state index in [1.807, 2.05) is 48.2 Å². The number of carbonyl (C=O) groups excluding carboxylic acids is 1. The quantitative estimate of drug-likeness (QED) is 0.829. The molecule has 4 nitrogen and oxygen atoms in total. The Hall–Kier alpha value is -2.36. The molecule has 0 fully saturated rings. The van der Waals surface area contributed by atoms with Crippen molar-refractivity contribution >= 4 is 11.6 Å². The van der Waals surface area contributed by atoms with E-state index in [1.165, 1.54) is 0 Å². The molecule has 21 heavy (non-hydrogen) atoms. The maximum Gasteiger partial charge on any atom is 0.223 e. The van der Waals surface area contributed by atoms with Crippen LogP contribution in [0.25, 0.3) is 0 Å². The normalized spacial score (nSPS) is 10.3. The van der Waals surface area contributed by atoms with Gasteiger partial charge in [-0.1, -0.05) is 18.2 Å². The molecule has 2 N–H and O–H groups in total. The van der Waals surface area contributed by atoms with Crippen LogP contribution in [0.15, 0.2) is 48.8 Å². The predicted octanol–water partition coefficient (Wildman–Crippen LogP) is 2.65. The van der Waals surface area contributed by atoms with Crippen molar-refractivity contribution in [2.75, 3.05) is 12.3 Å². The summed E-state index contributed by atoms with van der Waals surface area (Å²) >= 11 is 0. The lowest BCUT2D eigenvalue weighted by Gasteiger charge is -2.21. The summed E-state index contributed by atoms with van der Waals surface area (Å²) in [6.07, 6.45) is 4.65. The summed E-state index contributed by atoms with van der Waals surface area (Å²) in [6.45, 7) is 3.32. The third-order valence-electron chi connectivity index (χ3n) is 3.52. The molecule has 0 aliphatic rings. The molecule has 0 spiro atoms. The molecule has 2 rings (SSSR count). The van der Waals surface area contributed by atoms with Crippen molar-refractivity contribution in [3.8, 4) is 0 Å². The number of benzene rings is 1. The largest absolute Gasteiger partial charge is 0.399 e. The van der Waals surface area contributed by atoms with Crippen molar-refractivity contribution < 1.29 is 4.79 Å². The number of rotatable bonds is 6. The number of nitrogens with zero attached hydrogens (tertiary/aromatic N) is 2.